The van der Waals surface area contributed by atoms with Gasteiger partial charge in [-0.15, -0.1) is 4.40 Å². The average Bonchev–Trinajstić information content (AvgIpc) is 2.62. The lowest BCUT2D eigenvalue weighted by molar-refractivity contribution is -0.138. The lowest BCUT2D eigenvalue weighted by Crippen LogP contribution is -2.42. The summed E-state index contributed by atoms with van der Waals surface area (Å²) < 4.78 is 33.6. The molecule has 1 aromatic rings. The van der Waals surface area contributed by atoms with Crippen molar-refractivity contribution in [3.05, 3.63) is 47.7 Å². The molecule has 1 amide bonds. The Morgan fingerprint density at radius 2 is 1.93 bits per heavy atom. The van der Waals surface area contributed by atoms with Crippen LogP contribution in [-0.4, -0.2) is 49.5 Å². The highest BCUT2D eigenvalue weighted by atomic mass is 32.2. The molecule has 2 rings (SSSR count). The molecule has 9 heteroatoms. The summed E-state index contributed by atoms with van der Waals surface area (Å²) in [6, 6.07) is 9.73. The number of carbonyl (C=O) groups is 2. The first kappa shape index (κ1) is 21.6. The van der Waals surface area contributed by atoms with Crippen LogP contribution in [-0.2, 0) is 31.0 Å². The van der Waals surface area contributed by atoms with Crippen molar-refractivity contribution in [3.63, 3.8) is 0 Å². The molecule has 0 bridgehead atoms. The van der Waals surface area contributed by atoms with Crippen LogP contribution in [0.15, 0.2) is 46.5 Å². The van der Waals surface area contributed by atoms with E-state index < -0.39 is 28.6 Å². The first-order valence-corrected chi connectivity index (χ1v) is 10.4. The van der Waals surface area contributed by atoms with Crippen molar-refractivity contribution in [2.45, 2.75) is 39.7 Å². The molecule has 0 spiro atoms. The molecule has 0 saturated carbocycles. The summed E-state index contributed by atoms with van der Waals surface area (Å²) in [5, 5.41) is 2.78. The van der Waals surface area contributed by atoms with E-state index in [2.05, 4.69) is 9.71 Å². The number of nitrogens with one attached hydrogen (secondary N) is 1. The van der Waals surface area contributed by atoms with Crippen LogP contribution in [0.25, 0.3) is 0 Å². The fraction of sp³-hybridized carbons (Fsp3) is 0.421. The normalized spacial score (nSPS) is 16.6. The predicted molar refractivity (Wildman–Crippen MR) is 106 cm³/mol. The molecule has 0 saturated heterocycles. The molecule has 0 aromatic heterocycles. The number of hydrogen-bond acceptors (Lipinski definition) is 5. The van der Waals surface area contributed by atoms with E-state index in [1.807, 2.05) is 37.3 Å². The predicted octanol–water partition coefficient (Wildman–Crippen LogP) is 1.59. The highest BCUT2D eigenvalue weighted by Gasteiger charge is 2.30. The average molecular weight is 407 g/mol. The van der Waals surface area contributed by atoms with Gasteiger partial charge in [-0.2, -0.15) is 8.42 Å². The molecular weight excluding hydrogens is 382 g/mol. The molecular formula is C19H25N3O5S. The maximum absolute atomic E-state index is 12.3. The van der Waals surface area contributed by atoms with Gasteiger partial charge in [-0.3, -0.25) is 4.79 Å². The van der Waals surface area contributed by atoms with Gasteiger partial charge in [-0.1, -0.05) is 30.3 Å². The molecule has 8 nitrogen and oxygen atoms in total. The monoisotopic (exact) mass is 407 g/mol. The van der Waals surface area contributed by atoms with Crippen LogP contribution in [0.4, 0.5) is 0 Å². The Morgan fingerprint density at radius 3 is 2.57 bits per heavy atom. The third-order valence-corrected chi connectivity index (χ3v) is 5.45. The highest BCUT2D eigenvalue weighted by molar-refractivity contribution is 7.88. The fourth-order valence-electron chi connectivity index (χ4n) is 2.68. The minimum atomic E-state index is -4.06. The van der Waals surface area contributed by atoms with E-state index in [1.54, 1.807) is 6.92 Å². The molecule has 1 atom stereocenters. The van der Waals surface area contributed by atoms with Crippen molar-refractivity contribution in [3.8, 4) is 0 Å². The highest BCUT2D eigenvalue weighted by Crippen LogP contribution is 2.17. The zero-order valence-electron chi connectivity index (χ0n) is 16.2. The summed E-state index contributed by atoms with van der Waals surface area (Å²) in [5.41, 5.74) is 1.21. The smallest absolute Gasteiger partial charge is 0.344 e. The third-order valence-electron chi connectivity index (χ3n) is 4.12. The number of benzene rings is 1. The molecule has 0 fully saturated rings. The summed E-state index contributed by atoms with van der Waals surface area (Å²) in [6.07, 6.45) is 2.61. The zero-order chi connectivity index (χ0) is 20.7. The maximum atomic E-state index is 12.3. The van der Waals surface area contributed by atoms with Gasteiger partial charge in [0.2, 0.25) is 5.91 Å². The van der Waals surface area contributed by atoms with E-state index in [9.17, 15) is 18.0 Å². The summed E-state index contributed by atoms with van der Waals surface area (Å²) in [5.74, 6) is -1.15. The first-order chi connectivity index (χ1) is 13.2. The molecule has 28 heavy (non-hydrogen) atoms. The van der Waals surface area contributed by atoms with Gasteiger partial charge in [0.15, 0.2) is 0 Å². The molecule has 1 aliphatic rings. The number of hydrogen-bond donors (Lipinski definition) is 1. The number of carbonyl (C=O) groups excluding carboxylic acids is 2. The SMILES string of the molecule is CCOC(=O)C1=CN(CC(=O)N[C@@H](C)CCc2ccccc2)S(=O)(=O)N=C1C. The van der Waals surface area contributed by atoms with Crippen LogP contribution < -0.4 is 5.32 Å². The Morgan fingerprint density at radius 1 is 1.25 bits per heavy atom. The van der Waals surface area contributed by atoms with Crippen molar-refractivity contribution in [2.75, 3.05) is 13.2 Å². The molecule has 152 valence electrons. The van der Waals surface area contributed by atoms with Crippen LogP contribution in [0.5, 0.6) is 0 Å². The van der Waals surface area contributed by atoms with Gasteiger partial charge in [0.05, 0.1) is 17.9 Å². The standard InChI is InChI=1S/C19H25N3O5S/c1-4-27-19(24)17-12-22(28(25,26)21-15(17)3)13-18(23)20-14(2)10-11-16-8-6-5-7-9-16/h5-9,12,14H,4,10-11,13H2,1-3H3,(H,20,23)/t14-/m0/s1. The van der Waals surface area contributed by atoms with Gasteiger partial charge in [0, 0.05) is 12.2 Å². The summed E-state index contributed by atoms with van der Waals surface area (Å²) in [4.78, 5) is 24.2. The van der Waals surface area contributed by atoms with Crippen LogP contribution in [0, 0.1) is 0 Å². The van der Waals surface area contributed by atoms with E-state index >= 15 is 0 Å². The Labute approximate surface area is 165 Å². The molecule has 0 radical (unpaired) electrons. The molecule has 0 unspecified atom stereocenters. The number of nitrogens with zero attached hydrogens (tertiary/aromatic N) is 2. The molecule has 1 N–H and O–H groups in total. The first-order valence-electron chi connectivity index (χ1n) is 9.04. The number of esters is 1. The van der Waals surface area contributed by atoms with E-state index in [-0.39, 0.29) is 23.9 Å². The Hall–Kier alpha value is -2.68. The van der Waals surface area contributed by atoms with Crippen LogP contribution in [0.3, 0.4) is 0 Å². The van der Waals surface area contributed by atoms with Crippen molar-refractivity contribution in [1.82, 2.24) is 9.62 Å². The van der Waals surface area contributed by atoms with Crippen LogP contribution in [0.2, 0.25) is 0 Å². The molecule has 1 aromatic carbocycles. The van der Waals surface area contributed by atoms with Gasteiger partial charge in [-0.25, -0.2) is 9.10 Å². The van der Waals surface area contributed by atoms with E-state index in [0.717, 1.165) is 22.5 Å². The van der Waals surface area contributed by atoms with Gasteiger partial charge in [0.1, 0.15) is 6.54 Å². The van der Waals surface area contributed by atoms with E-state index in [0.29, 0.717) is 6.42 Å². The second-order valence-electron chi connectivity index (χ2n) is 6.46. The number of amides is 1. The topological polar surface area (TPSA) is 105 Å². The Bertz CT molecular complexity index is 878. The second kappa shape index (κ2) is 9.50. The number of aryl methyl sites for hydroxylation is 1. The van der Waals surface area contributed by atoms with Crippen LogP contribution >= 0.6 is 0 Å². The Kier molecular flexibility index (Phi) is 7.33. The minimum absolute atomic E-state index is 0.0154. The summed E-state index contributed by atoms with van der Waals surface area (Å²) in [7, 11) is -4.06. The molecule has 1 aliphatic heterocycles. The van der Waals surface area contributed by atoms with Gasteiger partial charge in [-0.05, 0) is 39.2 Å². The molecule has 0 aliphatic carbocycles. The van der Waals surface area contributed by atoms with Crippen molar-refractivity contribution >= 4 is 27.8 Å². The van der Waals surface area contributed by atoms with E-state index in [4.69, 9.17) is 4.74 Å². The third kappa shape index (κ3) is 5.91. The number of ether oxygens (including phenoxy) is 1. The lowest BCUT2D eigenvalue weighted by atomic mass is 10.1. The van der Waals surface area contributed by atoms with E-state index in [1.165, 1.54) is 6.92 Å². The quantitative estimate of drug-likeness (QED) is 0.659. The summed E-state index contributed by atoms with van der Waals surface area (Å²) >= 11 is 0. The lowest BCUT2D eigenvalue weighted by Gasteiger charge is -2.23. The van der Waals surface area contributed by atoms with Gasteiger partial charge in [0.25, 0.3) is 0 Å². The minimum Gasteiger partial charge on any atom is -0.462 e. The van der Waals surface area contributed by atoms with Crippen molar-refractivity contribution in [2.24, 2.45) is 4.40 Å². The fourth-order valence-corrected chi connectivity index (χ4v) is 3.75. The van der Waals surface area contributed by atoms with Crippen molar-refractivity contribution < 1.29 is 22.7 Å². The largest absolute Gasteiger partial charge is 0.462 e. The van der Waals surface area contributed by atoms with Gasteiger partial charge >= 0.3 is 16.2 Å². The molecule has 1 heterocycles. The van der Waals surface area contributed by atoms with Crippen LogP contribution in [0.1, 0.15) is 32.8 Å². The summed E-state index contributed by atoms with van der Waals surface area (Å²) in [6.45, 7) is 4.59. The zero-order valence-corrected chi connectivity index (χ0v) is 17.0. The number of rotatable bonds is 8. The Balaban J connectivity index is 1.98. The van der Waals surface area contributed by atoms with Crippen molar-refractivity contribution in [1.29, 1.82) is 0 Å². The van der Waals surface area contributed by atoms with Gasteiger partial charge < -0.3 is 10.1 Å². The second-order valence-corrected chi connectivity index (χ2v) is 8.00. The maximum Gasteiger partial charge on any atom is 0.344 e.